The Morgan fingerprint density at radius 3 is 2.42 bits per heavy atom. The molecule has 2 unspecified atom stereocenters. The quantitative estimate of drug-likeness (QED) is 0.755. The Kier molecular flexibility index (Phi) is 6.54. The summed E-state index contributed by atoms with van der Waals surface area (Å²) >= 11 is 0. The molecule has 0 radical (unpaired) electrons. The van der Waals surface area contributed by atoms with Crippen LogP contribution in [0.4, 0.5) is 4.39 Å². The largest absolute Gasteiger partial charge is 0.482 e. The zero-order valence-electron chi connectivity index (χ0n) is 14.4. The van der Waals surface area contributed by atoms with Crippen LogP contribution in [0.3, 0.4) is 0 Å². The maximum Gasteiger partial charge on any atom is 0.341 e. The van der Waals surface area contributed by atoms with Crippen LogP contribution in [0, 0.1) is 5.82 Å². The smallest absolute Gasteiger partial charge is 0.341 e. The van der Waals surface area contributed by atoms with E-state index in [4.69, 9.17) is 14.6 Å². The summed E-state index contributed by atoms with van der Waals surface area (Å²) in [5.41, 5.74) is 0.819. The maximum atomic E-state index is 13.2. The minimum atomic E-state index is -1.05. The fourth-order valence-electron chi connectivity index (χ4n) is 2.21. The van der Waals surface area contributed by atoms with Crippen LogP contribution in [0.25, 0.3) is 0 Å². The third-order valence-electron chi connectivity index (χ3n) is 3.58. The van der Waals surface area contributed by atoms with E-state index in [1.165, 1.54) is 18.2 Å². The number of amides is 1. The molecule has 0 bridgehead atoms. The van der Waals surface area contributed by atoms with Crippen molar-refractivity contribution in [3.8, 4) is 11.5 Å². The minimum absolute atomic E-state index is 0.278. The van der Waals surface area contributed by atoms with Crippen LogP contribution in [0.1, 0.15) is 25.5 Å². The van der Waals surface area contributed by atoms with Gasteiger partial charge in [0.2, 0.25) is 0 Å². The highest BCUT2D eigenvalue weighted by Crippen LogP contribution is 2.18. The fourth-order valence-corrected chi connectivity index (χ4v) is 2.21. The molecule has 0 aromatic heterocycles. The molecule has 2 aromatic rings. The van der Waals surface area contributed by atoms with Crippen LogP contribution in [-0.2, 0) is 9.59 Å². The molecule has 0 saturated heterocycles. The number of carboxylic acid groups (broad SMARTS) is 1. The zero-order chi connectivity index (χ0) is 19.1. The van der Waals surface area contributed by atoms with Gasteiger partial charge in [-0.25, -0.2) is 9.18 Å². The van der Waals surface area contributed by atoms with E-state index in [0.29, 0.717) is 5.75 Å². The third kappa shape index (κ3) is 5.77. The Hall–Kier alpha value is -3.09. The third-order valence-corrected chi connectivity index (χ3v) is 3.58. The maximum absolute atomic E-state index is 13.2. The molecule has 0 fully saturated rings. The van der Waals surface area contributed by atoms with Crippen molar-refractivity contribution in [3.63, 3.8) is 0 Å². The van der Waals surface area contributed by atoms with Crippen molar-refractivity contribution in [1.82, 2.24) is 5.32 Å². The number of carboxylic acids is 1. The van der Waals surface area contributed by atoms with Gasteiger partial charge in [-0.1, -0.05) is 18.2 Å². The molecule has 0 aliphatic carbocycles. The summed E-state index contributed by atoms with van der Waals surface area (Å²) in [5, 5.41) is 11.4. The second-order valence-corrected chi connectivity index (χ2v) is 5.70. The highest BCUT2D eigenvalue weighted by atomic mass is 19.1. The number of aliphatic carboxylic acids is 1. The van der Waals surface area contributed by atoms with Crippen molar-refractivity contribution in [2.45, 2.75) is 26.0 Å². The van der Waals surface area contributed by atoms with Gasteiger partial charge in [0.1, 0.15) is 17.3 Å². The molecule has 6 nitrogen and oxygen atoms in total. The molecule has 0 saturated carbocycles. The van der Waals surface area contributed by atoms with E-state index in [1.807, 2.05) is 0 Å². The Labute approximate surface area is 150 Å². The molecule has 2 aromatic carbocycles. The first-order valence-corrected chi connectivity index (χ1v) is 8.02. The molecule has 0 aliphatic heterocycles. The number of hydrogen-bond donors (Lipinski definition) is 2. The van der Waals surface area contributed by atoms with Gasteiger partial charge in [-0.3, -0.25) is 4.79 Å². The SMILES string of the molecule is CC(Oc1cccc(F)c1)C(=O)NC(C)c1ccc(OCC(=O)O)cc1. The lowest BCUT2D eigenvalue weighted by molar-refractivity contribution is -0.139. The molecule has 2 rings (SSSR count). The number of nitrogens with one attached hydrogen (secondary N) is 1. The Morgan fingerprint density at radius 1 is 1.12 bits per heavy atom. The summed E-state index contributed by atoms with van der Waals surface area (Å²) in [6, 6.07) is 12.0. The monoisotopic (exact) mass is 361 g/mol. The number of carbonyl (C=O) groups is 2. The van der Waals surface area contributed by atoms with Crippen molar-refractivity contribution in [1.29, 1.82) is 0 Å². The first-order valence-electron chi connectivity index (χ1n) is 8.02. The molecule has 138 valence electrons. The average Bonchev–Trinajstić information content (AvgIpc) is 2.60. The summed E-state index contributed by atoms with van der Waals surface area (Å²) in [4.78, 5) is 22.7. The molecule has 0 heterocycles. The molecule has 0 aliphatic rings. The lowest BCUT2D eigenvalue weighted by atomic mass is 10.1. The Morgan fingerprint density at radius 2 is 1.81 bits per heavy atom. The molecule has 0 spiro atoms. The van der Waals surface area contributed by atoms with E-state index in [2.05, 4.69) is 5.32 Å². The highest BCUT2D eigenvalue weighted by molar-refractivity contribution is 5.81. The summed E-state index contributed by atoms with van der Waals surface area (Å²) in [6.45, 7) is 2.97. The fraction of sp³-hybridized carbons (Fsp3) is 0.263. The first kappa shape index (κ1) is 19.2. The van der Waals surface area contributed by atoms with Gasteiger partial charge < -0.3 is 19.9 Å². The Bertz CT molecular complexity index is 763. The van der Waals surface area contributed by atoms with Crippen LogP contribution < -0.4 is 14.8 Å². The lowest BCUT2D eigenvalue weighted by Gasteiger charge is -2.19. The second-order valence-electron chi connectivity index (χ2n) is 5.70. The van der Waals surface area contributed by atoms with Gasteiger partial charge in [0.25, 0.3) is 5.91 Å². The van der Waals surface area contributed by atoms with E-state index in [9.17, 15) is 14.0 Å². The standard InChI is InChI=1S/C19H20FNO5/c1-12(14-6-8-16(9-7-14)25-11-18(22)23)21-19(24)13(2)26-17-5-3-4-15(20)10-17/h3-10,12-13H,11H2,1-2H3,(H,21,24)(H,22,23). The number of ether oxygens (including phenoxy) is 2. The van der Waals surface area contributed by atoms with Gasteiger partial charge in [0, 0.05) is 6.07 Å². The van der Waals surface area contributed by atoms with E-state index in [0.717, 1.165) is 5.56 Å². The predicted molar refractivity (Wildman–Crippen MR) is 92.6 cm³/mol. The van der Waals surface area contributed by atoms with Gasteiger partial charge in [-0.2, -0.15) is 0 Å². The van der Waals surface area contributed by atoms with Crippen LogP contribution in [0.15, 0.2) is 48.5 Å². The Balaban J connectivity index is 1.90. The van der Waals surface area contributed by atoms with Crippen molar-refractivity contribution in [2.24, 2.45) is 0 Å². The number of hydrogen-bond acceptors (Lipinski definition) is 4. The van der Waals surface area contributed by atoms with E-state index >= 15 is 0 Å². The molecule has 2 N–H and O–H groups in total. The van der Waals surface area contributed by atoms with Crippen LogP contribution in [-0.4, -0.2) is 29.7 Å². The molecule has 2 atom stereocenters. The molecule has 7 heteroatoms. The van der Waals surface area contributed by atoms with Crippen molar-refractivity contribution in [2.75, 3.05) is 6.61 Å². The summed E-state index contributed by atoms with van der Waals surface area (Å²) in [5.74, 6) is -1.12. The minimum Gasteiger partial charge on any atom is -0.482 e. The number of carbonyl (C=O) groups excluding carboxylic acids is 1. The summed E-state index contributed by atoms with van der Waals surface area (Å²) in [6.07, 6.45) is -0.794. The van der Waals surface area contributed by atoms with Crippen LogP contribution in [0.5, 0.6) is 11.5 Å². The lowest BCUT2D eigenvalue weighted by Crippen LogP contribution is -2.37. The second kappa shape index (κ2) is 8.84. The zero-order valence-corrected chi connectivity index (χ0v) is 14.4. The number of benzene rings is 2. The molecule has 26 heavy (non-hydrogen) atoms. The molecular formula is C19H20FNO5. The van der Waals surface area contributed by atoms with Gasteiger partial charge in [-0.15, -0.1) is 0 Å². The van der Waals surface area contributed by atoms with E-state index < -0.39 is 24.5 Å². The van der Waals surface area contributed by atoms with Crippen molar-refractivity contribution in [3.05, 3.63) is 59.9 Å². The number of rotatable bonds is 8. The van der Waals surface area contributed by atoms with Crippen LogP contribution in [0.2, 0.25) is 0 Å². The summed E-state index contributed by atoms with van der Waals surface area (Å²) in [7, 11) is 0. The molecule has 1 amide bonds. The highest BCUT2D eigenvalue weighted by Gasteiger charge is 2.18. The van der Waals surface area contributed by atoms with E-state index in [-0.39, 0.29) is 17.7 Å². The predicted octanol–water partition coefficient (Wildman–Crippen LogP) is 2.93. The van der Waals surface area contributed by atoms with E-state index in [1.54, 1.807) is 44.2 Å². The van der Waals surface area contributed by atoms with Crippen molar-refractivity contribution >= 4 is 11.9 Å². The number of halogens is 1. The van der Waals surface area contributed by atoms with Gasteiger partial charge in [0.05, 0.1) is 6.04 Å². The van der Waals surface area contributed by atoms with Gasteiger partial charge in [0.15, 0.2) is 12.7 Å². The summed E-state index contributed by atoms with van der Waals surface area (Å²) < 4.78 is 23.7. The normalized spacial score (nSPS) is 12.7. The average molecular weight is 361 g/mol. The topological polar surface area (TPSA) is 84.9 Å². The first-order chi connectivity index (χ1) is 12.3. The molecular weight excluding hydrogens is 341 g/mol. The van der Waals surface area contributed by atoms with Crippen molar-refractivity contribution < 1.29 is 28.6 Å². The van der Waals surface area contributed by atoms with Gasteiger partial charge >= 0.3 is 5.97 Å². The van der Waals surface area contributed by atoms with Gasteiger partial charge in [-0.05, 0) is 43.7 Å². The van der Waals surface area contributed by atoms with Crippen LogP contribution >= 0.6 is 0 Å².